The summed E-state index contributed by atoms with van der Waals surface area (Å²) in [4.78, 5) is 2.34. The molecule has 0 aliphatic rings. The van der Waals surface area contributed by atoms with Crippen LogP contribution in [0.1, 0.15) is 0 Å². The molecule has 0 aliphatic heterocycles. The molecular weight excluding hydrogens is 402 g/mol. The first-order valence-corrected chi connectivity index (χ1v) is 11.1. The Kier molecular flexibility index (Phi) is 5.90. The molecule has 0 fully saturated rings. The van der Waals surface area contributed by atoms with Crippen LogP contribution in [0.25, 0.3) is 22.3 Å². The van der Waals surface area contributed by atoms with Crippen LogP contribution in [0, 0.1) is 0 Å². The molecule has 0 bridgehead atoms. The van der Waals surface area contributed by atoms with Gasteiger partial charge in [0.05, 0.1) is 18.5 Å². The number of hydrogen-bond acceptors (Lipinski definition) is 2. The van der Waals surface area contributed by atoms with E-state index in [9.17, 15) is 0 Å². The first-order chi connectivity index (χ1) is 16.3. The summed E-state index contributed by atoms with van der Waals surface area (Å²) in [5.74, 6) is 0.839. The molecule has 0 aliphatic carbocycles. The van der Waals surface area contributed by atoms with E-state index in [0.717, 1.165) is 22.8 Å². The van der Waals surface area contributed by atoms with E-state index < -0.39 is 0 Å². The lowest BCUT2D eigenvalue weighted by atomic mass is 9.99. The highest BCUT2D eigenvalue weighted by Crippen LogP contribution is 2.44. The Bertz CT molecular complexity index is 1250. The van der Waals surface area contributed by atoms with Gasteiger partial charge < -0.3 is 9.64 Å². The number of methoxy groups -OCH3 is 1. The minimum atomic E-state index is 0.839. The smallest absolute Gasteiger partial charge is 0.119 e. The minimum absolute atomic E-state index is 0.839. The molecule has 33 heavy (non-hydrogen) atoms. The molecule has 0 spiro atoms. The van der Waals surface area contributed by atoms with Gasteiger partial charge >= 0.3 is 0 Å². The molecule has 0 unspecified atom stereocenters. The maximum atomic E-state index is 5.43. The highest BCUT2D eigenvalue weighted by atomic mass is 16.5. The van der Waals surface area contributed by atoms with Gasteiger partial charge in [-0.3, -0.25) is 0 Å². The standard InChI is InChI=1S/C31H25NO/c1-33-27-22-20-26(21-23-27)32(30-18-10-8-16-28(30)24-12-4-2-5-13-24)31-19-11-9-17-29(31)25-14-6-3-7-15-25/h2-23H,1H3. The van der Waals surface area contributed by atoms with Gasteiger partial charge in [-0.2, -0.15) is 0 Å². The lowest BCUT2D eigenvalue weighted by Gasteiger charge is -2.30. The molecule has 2 heteroatoms. The Labute approximate surface area is 195 Å². The second-order valence-electron chi connectivity index (χ2n) is 7.80. The van der Waals surface area contributed by atoms with E-state index in [2.05, 4.69) is 126 Å². The Morgan fingerprint density at radius 2 is 0.879 bits per heavy atom. The number of anilines is 3. The second-order valence-corrected chi connectivity index (χ2v) is 7.80. The number of benzene rings is 5. The topological polar surface area (TPSA) is 12.5 Å². The van der Waals surface area contributed by atoms with Crippen molar-refractivity contribution in [2.75, 3.05) is 12.0 Å². The fourth-order valence-corrected chi connectivity index (χ4v) is 4.20. The normalized spacial score (nSPS) is 10.6. The number of nitrogens with zero attached hydrogens (tertiary/aromatic N) is 1. The number of rotatable bonds is 6. The van der Waals surface area contributed by atoms with E-state index in [4.69, 9.17) is 4.74 Å². The van der Waals surface area contributed by atoms with Gasteiger partial charge in [0, 0.05) is 16.8 Å². The third-order valence-corrected chi connectivity index (χ3v) is 5.79. The van der Waals surface area contributed by atoms with E-state index in [-0.39, 0.29) is 0 Å². The third-order valence-electron chi connectivity index (χ3n) is 5.79. The van der Waals surface area contributed by atoms with Gasteiger partial charge in [-0.05, 0) is 47.5 Å². The van der Waals surface area contributed by atoms with Crippen molar-refractivity contribution in [1.29, 1.82) is 0 Å². The first-order valence-electron chi connectivity index (χ1n) is 11.1. The highest BCUT2D eigenvalue weighted by molar-refractivity contribution is 5.93. The van der Waals surface area contributed by atoms with Crippen molar-refractivity contribution in [2.24, 2.45) is 0 Å². The molecule has 0 aromatic heterocycles. The SMILES string of the molecule is COc1ccc(N(c2ccccc2-c2ccccc2)c2ccccc2-c2ccccc2)cc1. The van der Waals surface area contributed by atoms with E-state index in [1.165, 1.54) is 22.3 Å². The molecule has 0 heterocycles. The molecule has 5 rings (SSSR count). The van der Waals surface area contributed by atoms with Gasteiger partial charge in [0.2, 0.25) is 0 Å². The highest BCUT2D eigenvalue weighted by Gasteiger charge is 2.19. The summed E-state index contributed by atoms with van der Waals surface area (Å²) in [5.41, 5.74) is 8.04. The van der Waals surface area contributed by atoms with Crippen molar-refractivity contribution in [2.45, 2.75) is 0 Å². The molecule has 0 saturated carbocycles. The molecule has 0 radical (unpaired) electrons. The zero-order chi connectivity index (χ0) is 22.5. The average Bonchev–Trinajstić information content (AvgIpc) is 2.91. The number of ether oxygens (including phenoxy) is 1. The molecule has 5 aromatic rings. The molecule has 160 valence electrons. The molecule has 0 saturated heterocycles. The van der Waals surface area contributed by atoms with Crippen molar-refractivity contribution in [1.82, 2.24) is 0 Å². The van der Waals surface area contributed by atoms with Crippen molar-refractivity contribution in [3.63, 3.8) is 0 Å². The molecule has 5 aromatic carbocycles. The fourth-order valence-electron chi connectivity index (χ4n) is 4.20. The molecule has 2 nitrogen and oxygen atoms in total. The average molecular weight is 428 g/mol. The van der Waals surface area contributed by atoms with Crippen LogP contribution in [0.4, 0.5) is 17.1 Å². The van der Waals surface area contributed by atoms with Crippen LogP contribution in [0.3, 0.4) is 0 Å². The number of para-hydroxylation sites is 2. The lowest BCUT2D eigenvalue weighted by Crippen LogP contribution is -2.12. The Hall–Kier alpha value is -4.30. The molecular formula is C31H25NO. The molecule has 0 amide bonds. The predicted octanol–water partition coefficient (Wildman–Crippen LogP) is 8.50. The fraction of sp³-hybridized carbons (Fsp3) is 0.0323. The van der Waals surface area contributed by atoms with Gasteiger partial charge in [-0.1, -0.05) is 97.1 Å². The molecule has 0 N–H and O–H groups in total. The predicted molar refractivity (Wildman–Crippen MR) is 139 cm³/mol. The maximum absolute atomic E-state index is 5.43. The van der Waals surface area contributed by atoms with Gasteiger partial charge in [-0.25, -0.2) is 0 Å². The molecule has 0 atom stereocenters. The summed E-state index contributed by atoms with van der Waals surface area (Å²) in [5, 5.41) is 0. The summed E-state index contributed by atoms with van der Waals surface area (Å²) in [6.45, 7) is 0. The van der Waals surface area contributed by atoms with E-state index in [1.807, 2.05) is 12.1 Å². The lowest BCUT2D eigenvalue weighted by molar-refractivity contribution is 0.415. The van der Waals surface area contributed by atoms with Gasteiger partial charge in [0.25, 0.3) is 0 Å². The summed E-state index contributed by atoms with van der Waals surface area (Å²) in [6.07, 6.45) is 0. The quantitative estimate of drug-likeness (QED) is 0.269. The summed E-state index contributed by atoms with van der Waals surface area (Å²) in [7, 11) is 1.70. The zero-order valence-electron chi connectivity index (χ0n) is 18.6. The van der Waals surface area contributed by atoms with Crippen LogP contribution < -0.4 is 9.64 Å². The summed E-state index contributed by atoms with van der Waals surface area (Å²) in [6, 6.07) is 46.5. The van der Waals surface area contributed by atoms with Gasteiger partial charge in [0.1, 0.15) is 5.75 Å². The van der Waals surface area contributed by atoms with Gasteiger partial charge in [0.15, 0.2) is 0 Å². The maximum Gasteiger partial charge on any atom is 0.119 e. The Morgan fingerprint density at radius 1 is 0.455 bits per heavy atom. The second kappa shape index (κ2) is 9.46. The van der Waals surface area contributed by atoms with Crippen LogP contribution in [-0.2, 0) is 0 Å². The van der Waals surface area contributed by atoms with E-state index in [1.54, 1.807) is 7.11 Å². The van der Waals surface area contributed by atoms with Crippen LogP contribution in [-0.4, -0.2) is 7.11 Å². The van der Waals surface area contributed by atoms with Crippen molar-refractivity contribution in [3.05, 3.63) is 133 Å². The van der Waals surface area contributed by atoms with Crippen molar-refractivity contribution < 1.29 is 4.74 Å². The van der Waals surface area contributed by atoms with E-state index in [0.29, 0.717) is 0 Å². The largest absolute Gasteiger partial charge is 0.497 e. The first kappa shape index (κ1) is 20.6. The minimum Gasteiger partial charge on any atom is -0.497 e. The van der Waals surface area contributed by atoms with Crippen molar-refractivity contribution >= 4 is 17.1 Å². The van der Waals surface area contributed by atoms with Crippen LogP contribution in [0.15, 0.2) is 133 Å². The Balaban J connectivity index is 1.76. The monoisotopic (exact) mass is 427 g/mol. The van der Waals surface area contributed by atoms with Crippen molar-refractivity contribution in [3.8, 4) is 28.0 Å². The zero-order valence-corrected chi connectivity index (χ0v) is 18.6. The van der Waals surface area contributed by atoms with Gasteiger partial charge in [-0.15, -0.1) is 0 Å². The van der Waals surface area contributed by atoms with Crippen LogP contribution in [0.5, 0.6) is 5.75 Å². The Morgan fingerprint density at radius 3 is 1.33 bits per heavy atom. The number of hydrogen-bond donors (Lipinski definition) is 0. The third kappa shape index (κ3) is 4.24. The van der Waals surface area contributed by atoms with E-state index >= 15 is 0 Å². The van der Waals surface area contributed by atoms with Crippen LogP contribution in [0.2, 0.25) is 0 Å². The van der Waals surface area contributed by atoms with Crippen LogP contribution >= 0.6 is 0 Å². The summed E-state index contributed by atoms with van der Waals surface area (Å²) < 4.78 is 5.43. The summed E-state index contributed by atoms with van der Waals surface area (Å²) >= 11 is 0.